The number of carbonyl (C=O) groups is 1. The van der Waals surface area contributed by atoms with Crippen LogP contribution in [-0.2, 0) is 10.0 Å². The first-order chi connectivity index (χ1) is 9.29. The van der Waals surface area contributed by atoms with Crippen LogP contribution in [0.2, 0.25) is 0 Å². The van der Waals surface area contributed by atoms with Gasteiger partial charge in [-0.15, -0.1) is 0 Å². The summed E-state index contributed by atoms with van der Waals surface area (Å²) in [6.45, 7) is 4.37. The quantitative estimate of drug-likeness (QED) is 0.650. The third kappa shape index (κ3) is 4.03. The van der Waals surface area contributed by atoms with Crippen molar-refractivity contribution in [2.75, 3.05) is 20.1 Å². The van der Waals surface area contributed by atoms with Crippen molar-refractivity contribution in [3.8, 4) is 0 Å². The van der Waals surface area contributed by atoms with Crippen LogP contribution in [0, 0.1) is 13.8 Å². The first-order valence-electron chi connectivity index (χ1n) is 6.28. The van der Waals surface area contributed by atoms with Crippen LogP contribution in [0.3, 0.4) is 0 Å². The lowest BCUT2D eigenvalue weighted by atomic mass is 10.1. The molecule has 0 saturated heterocycles. The third-order valence-electron chi connectivity index (χ3n) is 3.05. The largest absolute Gasteiger partial charge is 0.478 e. The fourth-order valence-corrected chi connectivity index (χ4v) is 3.19. The Labute approximate surface area is 119 Å². The highest BCUT2D eigenvalue weighted by Gasteiger charge is 2.20. The number of benzene rings is 1. The van der Waals surface area contributed by atoms with Crippen molar-refractivity contribution in [3.05, 3.63) is 28.8 Å². The second-order valence-electron chi connectivity index (χ2n) is 4.58. The highest BCUT2D eigenvalue weighted by Crippen LogP contribution is 2.21. The van der Waals surface area contributed by atoms with E-state index in [9.17, 15) is 13.2 Å². The smallest absolute Gasteiger partial charge is 0.335 e. The number of aromatic carboxylic acids is 1. The van der Waals surface area contributed by atoms with Gasteiger partial charge in [-0.25, -0.2) is 17.9 Å². The van der Waals surface area contributed by atoms with Crippen LogP contribution >= 0.6 is 0 Å². The molecule has 0 atom stereocenters. The Hall–Kier alpha value is -1.44. The van der Waals surface area contributed by atoms with Gasteiger partial charge in [0.05, 0.1) is 10.5 Å². The molecule has 1 aromatic carbocycles. The van der Waals surface area contributed by atoms with E-state index >= 15 is 0 Å². The van der Waals surface area contributed by atoms with Crippen LogP contribution < -0.4 is 10.0 Å². The first kappa shape index (κ1) is 16.6. The van der Waals surface area contributed by atoms with Crippen LogP contribution in [0.1, 0.15) is 27.9 Å². The molecule has 0 aromatic heterocycles. The van der Waals surface area contributed by atoms with Crippen LogP contribution in [0.4, 0.5) is 0 Å². The second kappa shape index (κ2) is 6.83. The standard InChI is InChI=1S/C13H20N2O4S/c1-9-7-11(13(16)17)8-12(10(9)2)20(18,19)15-6-4-5-14-3/h7-8,14-15H,4-6H2,1-3H3,(H,16,17). The van der Waals surface area contributed by atoms with Crippen molar-refractivity contribution in [2.24, 2.45) is 0 Å². The number of hydrogen-bond donors (Lipinski definition) is 3. The summed E-state index contributed by atoms with van der Waals surface area (Å²) in [5.74, 6) is -1.14. The third-order valence-corrected chi connectivity index (χ3v) is 4.64. The number of sulfonamides is 1. The number of nitrogens with one attached hydrogen (secondary N) is 2. The van der Waals surface area contributed by atoms with Gasteiger partial charge in [0, 0.05) is 6.54 Å². The number of rotatable bonds is 7. The molecule has 0 amide bonds. The first-order valence-corrected chi connectivity index (χ1v) is 7.76. The summed E-state index contributed by atoms with van der Waals surface area (Å²) in [5.41, 5.74) is 1.18. The monoisotopic (exact) mass is 300 g/mol. The highest BCUT2D eigenvalue weighted by atomic mass is 32.2. The normalized spacial score (nSPS) is 11.6. The van der Waals surface area contributed by atoms with E-state index in [2.05, 4.69) is 10.0 Å². The highest BCUT2D eigenvalue weighted by molar-refractivity contribution is 7.89. The molecule has 0 fully saturated rings. The van der Waals surface area contributed by atoms with Gasteiger partial charge in [0.25, 0.3) is 0 Å². The molecule has 6 nitrogen and oxygen atoms in total. The van der Waals surface area contributed by atoms with Crippen molar-refractivity contribution in [2.45, 2.75) is 25.2 Å². The topological polar surface area (TPSA) is 95.5 Å². The van der Waals surface area contributed by atoms with Gasteiger partial charge in [0.15, 0.2) is 0 Å². The molecule has 0 bridgehead atoms. The Balaban J connectivity index is 3.07. The minimum Gasteiger partial charge on any atom is -0.478 e. The molecule has 1 rings (SSSR count). The zero-order valence-electron chi connectivity index (χ0n) is 11.9. The van der Waals surface area contributed by atoms with Crippen LogP contribution in [0.15, 0.2) is 17.0 Å². The maximum atomic E-state index is 12.2. The zero-order chi connectivity index (χ0) is 15.3. The molecule has 3 N–H and O–H groups in total. The summed E-state index contributed by atoms with van der Waals surface area (Å²) >= 11 is 0. The molecular formula is C13H20N2O4S. The molecule has 7 heteroatoms. The number of aryl methyl sites for hydroxylation is 1. The number of hydrogen-bond acceptors (Lipinski definition) is 4. The lowest BCUT2D eigenvalue weighted by Gasteiger charge is -2.12. The molecule has 20 heavy (non-hydrogen) atoms. The van der Waals surface area contributed by atoms with Gasteiger partial charge in [0.1, 0.15) is 0 Å². The minimum absolute atomic E-state index is 0.0244. The zero-order valence-corrected chi connectivity index (χ0v) is 12.7. The Kier molecular flexibility index (Phi) is 5.67. The average Bonchev–Trinajstić information content (AvgIpc) is 2.37. The summed E-state index contributed by atoms with van der Waals surface area (Å²) < 4.78 is 26.9. The fourth-order valence-electron chi connectivity index (χ4n) is 1.78. The van der Waals surface area contributed by atoms with Crippen LogP contribution in [-0.4, -0.2) is 39.6 Å². The molecule has 112 valence electrons. The molecule has 0 aliphatic rings. The number of carboxylic acids is 1. The van der Waals surface area contributed by atoms with Crippen molar-refractivity contribution >= 4 is 16.0 Å². The Morgan fingerprint density at radius 3 is 2.45 bits per heavy atom. The van der Waals surface area contributed by atoms with E-state index in [0.29, 0.717) is 30.6 Å². The van der Waals surface area contributed by atoms with Gasteiger partial charge < -0.3 is 10.4 Å². The second-order valence-corrected chi connectivity index (χ2v) is 6.31. The molecule has 1 aromatic rings. The van der Waals surface area contributed by atoms with Gasteiger partial charge >= 0.3 is 5.97 Å². The van der Waals surface area contributed by atoms with E-state index in [1.54, 1.807) is 20.9 Å². The van der Waals surface area contributed by atoms with Crippen molar-refractivity contribution in [1.29, 1.82) is 0 Å². The SMILES string of the molecule is CNCCCNS(=O)(=O)c1cc(C(=O)O)cc(C)c1C. The summed E-state index contributed by atoms with van der Waals surface area (Å²) in [5, 5.41) is 11.9. The Morgan fingerprint density at radius 1 is 1.25 bits per heavy atom. The summed E-state index contributed by atoms with van der Waals surface area (Å²) in [4.78, 5) is 11.0. The predicted octanol–water partition coefficient (Wildman–Crippen LogP) is 0.889. The number of carboxylic acid groups (broad SMARTS) is 1. The molecule has 0 aliphatic carbocycles. The molecule has 0 heterocycles. The van der Waals surface area contributed by atoms with Gasteiger partial charge in [-0.3, -0.25) is 0 Å². The van der Waals surface area contributed by atoms with Gasteiger partial charge in [-0.1, -0.05) is 0 Å². The van der Waals surface area contributed by atoms with Gasteiger partial charge in [-0.05, 0) is 57.1 Å². The van der Waals surface area contributed by atoms with Crippen LogP contribution in [0.5, 0.6) is 0 Å². The van der Waals surface area contributed by atoms with E-state index in [0.717, 1.165) is 0 Å². The van der Waals surface area contributed by atoms with E-state index in [-0.39, 0.29) is 10.5 Å². The molecule has 0 unspecified atom stereocenters. The molecule has 0 saturated carbocycles. The summed E-state index contributed by atoms with van der Waals surface area (Å²) in [7, 11) is -1.90. The molecular weight excluding hydrogens is 280 g/mol. The summed E-state index contributed by atoms with van der Waals surface area (Å²) in [6.07, 6.45) is 0.659. The van der Waals surface area contributed by atoms with Crippen molar-refractivity contribution in [1.82, 2.24) is 10.0 Å². The van der Waals surface area contributed by atoms with Gasteiger partial charge in [0.2, 0.25) is 10.0 Å². The van der Waals surface area contributed by atoms with Gasteiger partial charge in [-0.2, -0.15) is 0 Å². The molecule has 0 radical (unpaired) electrons. The Morgan fingerprint density at radius 2 is 1.90 bits per heavy atom. The van der Waals surface area contributed by atoms with E-state index in [1.165, 1.54) is 12.1 Å². The summed E-state index contributed by atoms with van der Waals surface area (Å²) in [6, 6.07) is 2.67. The molecule has 0 spiro atoms. The maximum absolute atomic E-state index is 12.2. The average molecular weight is 300 g/mol. The predicted molar refractivity (Wildman–Crippen MR) is 76.6 cm³/mol. The molecule has 0 aliphatic heterocycles. The lowest BCUT2D eigenvalue weighted by Crippen LogP contribution is -2.27. The van der Waals surface area contributed by atoms with E-state index < -0.39 is 16.0 Å². The van der Waals surface area contributed by atoms with E-state index in [4.69, 9.17) is 5.11 Å². The minimum atomic E-state index is -3.69. The van der Waals surface area contributed by atoms with E-state index in [1.807, 2.05) is 0 Å². The van der Waals surface area contributed by atoms with Crippen molar-refractivity contribution in [3.63, 3.8) is 0 Å². The maximum Gasteiger partial charge on any atom is 0.335 e. The Bertz CT molecular complexity index is 597. The van der Waals surface area contributed by atoms with Crippen molar-refractivity contribution < 1.29 is 18.3 Å². The lowest BCUT2D eigenvalue weighted by molar-refractivity contribution is 0.0696. The fraction of sp³-hybridized carbons (Fsp3) is 0.462. The van der Waals surface area contributed by atoms with Crippen LogP contribution in [0.25, 0.3) is 0 Å².